The fraction of sp³-hybridized carbons (Fsp3) is 0.400. The highest BCUT2D eigenvalue weighted by atomic mass is 32.2. The van der Waals surface area contributed by atoms with Gasteiger partial charge in [-0.15, -0.1) is 0 Å². The number of hydrogen-bond donors (Lipinski definition) is 1. The number of halogens is 1. The van der Waals surface area contributed by atoms with E-state index in [1.165, 1.54) is 0 Å². The van der Waals surface area contributed by atoms with Gasteiger partial charge in [-0.2, -0.15) is 0 Å². The van der Waals surface area contributed by atoms with E-state index < -0.39 is 31.8 Å². The van der Waals surface area contributed by atoms with Crippen molar-refractivity contribution in [1.29, 1.82) is 0 Å². The van der Waals surface area contributed by atoms with Gasteiger partial charge in [-0.05, 0) is 24.6 Å². The highest BCUT2D eigenvalue weighted by molar-refractivity contribution is 7.91. The lowest BCUT2D eigenvalue weighted by Crippen LogP contribution is -2.18. The molecule has 9 heteroatoms. The smallest absolute Gasteiger partial charge is 0.238 e. The third kappa shape index (κ3) is 3.43. The molecule has 0 amide bonds. The molecule has 1 heterocycles. The van der Waals surface area contributed by atoms with Gasteiger partial charge in [0.25, 0.3) is 0 Å². The number of sulfonamides is 1. The zero-order valence-electron chi connectivity index (χ0n) is 9.74. The summed E-state index contributed by atoms with van der Waals surface area (Å²) < 4.78 is 63.3. The molecule has 1 aliphatic heterocycles. The standard InChI is InChI=1S/C10H12FNO5S2/c11-9-5-8(19(12,15)16)1-2-10(9)17-7-3-4-18(13,14)6-7/h1-2,5,7H,3-4,6H2,(H2,12,15,16). The molecule has 1 aromatic carbocycles. The fourth-order valence-electron chi connectivity index (χ4n) is 1.79. The van der Waals surface area contributed by atoms with Crippen LogP contribution in [-0.4, -0.2) is 34.4 Å². The van der Waals surface area contributed by atoms with Crippen molar-refractivity contribution in [3.05, 3.63) is 24.0 Å². The molecule has 0 saturated carbocycles. The van der Waals surface area contributed by atoms with Crippen LogP contribution >= 0.6 is 0 Å². The largest absolute Gasteiger partial charge is 0.486 e. The van der Waals surface area contributed by atoms with E-state index >= 15 is 0 Å². The fourth-order valence-corrected chi connectivity index (χ4v) is 3.90. The highest BCUT2D eigenvalue weighted by Crippen LogP contribution is 2.24. The van der Waals surface area contributed by atoms with E-state index in [0.29, 0.717) is 6.42 Å². The molecule has 19 heavy (non-hydrogen) atoms. The summed E-state index contributed by atoms with van der Waals surface area (Å²) in [6.07, 6.45) is -0.321. The molecule has 1 unspecified atom stereocenters. The van der Waals surface area contributed by atoms with Gasteiger partial charge in [0.05, 0.1) is 16.4 Å². The average Bonchev–Trinajstić information content (AvgIpc) is 2.59. The maximum atomic E-state index is 13.6. The molecule has 2 N–H and O–H groups in total. The molecule has 106 valence electrons. The van der Waals surface area contributed by atoms with E-state index in [0.717, 1.165) is 18.2 Å². The van der Waals surface area contributed by atoms with Crippen molar-refractivity contribution in [2.75, 3.05) is 11.5 Å². The van der Waals surface area contributed by atoms with Crippen LogP contribution in [0.4, 0.5) is 4.39 Å². The van der Waals surface area contributed by atoms with Crippen molar-refractivity contribution in [3.63, 3.8) is 0 Å². The Kier molecular flexibility index (Phi) is 3.54. The molecule has 0 bridgehead atoms. The van der Waals surface area contributed by atoms with Crippen LogP contribution in [0.2, 0.25) is 0 Å². The normalized spacial score (nSPS) is 22.3. The number of sulfone groups is 1. The van der Waals surface area contributed by atoms with E-state index in [9.17, 15) is 21.2 Å². The average molecular weight is 309 g/mol. The lowest BCUT2D eigenvalue weighted by molar-refractivity contribution is 0.218. The second kappa shape index (κ2) is 4.73. The van der Waals surface area contributed by atoms with E-state index in [2.05, 4.69) is 0 Å². The second-order valence-electron chi connectivity index (χ2n) is 4.28. The van der Waals surface area contributed by atoms with Crippen LogP contribution in [0.25, 0.3) is 0 Å². The molecule has 0 radical (unpaired) electrons. The highest BCUT2D eigenvalue weighted by Gasteiger charge is 2.30. The van der Waals surface area contributed by atoms with Crippen LogP contribution in [0.1, 0.15) is 6.42 Å². The summed E-state index contributed by atoms with van der Waals surface area (Å²) in [5.41, 5.74) is 0. The molecule has 2 rings (SSSR count). The van der Waals surface area contributed by atoms with Gasteiger partial charge in [0, 0.05) is 0 Å². The molecule has 1 saturated heterocycles. The van der Waals surface area contributed by atoms with E-state index in [1.807, 2.05) is 0 Å². The SMILES string of the molecule is NS(=O)(=O)c1ccc(OC2CCS(=O)(=O)C2)c(F)c1. The first-order valence-electron chi connectivity index (χ1n) is 5.37. The number of benzene rings is 1. The lowest BCUT2D eigenvalue weighted by atomic mass is 10.3. The summed E-state index contributed by atoms with van der Waals surface area (Å²) in [6, 6.07) is 2.98. The monoisotopic (exact) mass is 309 g/mol. The Labute approximate surface area is 110 Å². The van der Waals surface area contributed by atoms with Crippen LogP contribution < -0.4 is 9.88 Å². The molecular weight excluding hydrogens is 297 g/mol. The van der Waals surface area contributed by atoms with Crippen molar-refractivity contribution in [1.82, 2.24) is 0 Å². The second-order valence-corrected chi connectivity index (χ2v) is 8.07. The Balaban J connectivity index is 2.19. The van der Waals surface area contributed by atoms with Gasteiger partial charge in [0.2, 0.25) is 10.0 Å². The minimum Gasteiger partial charge on any atom is -0.486 e. The van der Waals surface area contributed by atoms with Gasteiger partial charge in [0.15, 0.2) is 21.4 Å². The summed E-state index contributed by atoms with van der Waals surface area (Å²) in [7, 11) is -7.10. The number of nitrogens with two attached hydrogens (primary N) is 1. The Morgan fingerprint density at radius 3 is 2.53 bits per heavy atom. The maximum absolute atomic E-state index is 13.6. The van der Waals surface area contributed by atoms with Crippen molar-refractivity contribution >= 4 is 19.9 Å². The summed E-state index contributed by atoms with van der Waals surface area (Å²) in [5, 5.41) is 4.86. The first-order chi connectivity index (χ1) is 8.67. The third-order valence-corrected chi connectivity index (χ3v) is 5.36. The summed E-state index contributed by atoms with van der Waals surface area (Å²) in [6.45, 7) is 0. The number of hydrogen-bond acceptors (Lipinski definition) is 5. The zero-order chi connectivity index (χ0) is 14.3. The minimum absolute atomic E-state index is 0.00848. The molecule has 1 fully saturated rings. The van der Waals surface area contributed by atoms with Crippen molar-refractivity contribution in [2.24, 2.45) is 5.14 Å². The van der Waals surface area contributed by atoms with Crippen molar-refractivity contribution in [3.8, 4) is 5.75 Å². The van der Waals surface area contributed by atoms with Gasteiger partial charge in [-0.3, -0.25) is 0 Å². The van der Waals surface area contributed by atoms with Crippen LogP contribution in [0, 0.1) is 5.82 Å². The Morgan fingerprint density at radius 1 is 1.37 bits per heavy atom. The third-order valence-electron chi connectivity index (χ3n) is 2.72. The first-order valence-corrected chi connectivity index (χ1v) is 8.73. The Morgan fingerprint density at radius 2 is 2.05 bits per heavy atom. The van der Waals surface area contributed by atoms with Gasteiger partial charge >= 0.3 is 0 Å². The molecule has 0 aromatic heterocycles. The summed E-state index contributed by atoms with van der Waals surface area (Å²) in [4.78, 5) is -0.364. The molecule has 0 spiro atoms. The summed E-state index contributed by atoms with van der Waals surface area (Å²) >= 11 is 0. The van der Waals surface area contributed by atoms with E-state index in [4.69, 9.17) is 9.88 Å². The molecule has 1 aromatic rings. The van der Waals surface area contributed by atoms with Gasteiger partial charge in [0.1, 0.15) is 6.10 Å². The van der Waals surface area contributed by atoms with Crippen LogP contribution in [0.5, 0.6) is 5.75 Å². The van der Waals surface area contributed by atoms with Gasteiger partial charge in [-0.1, -0.05) is 0 Å². The number of ether oxygens (including phenoxy) is 1. The van der Waals surface area contributed by atoms with Crippen molar-refractivity contribution < 1.29 is 26.0 Å². The Hall–Kier alpha value is -1.19. The van der Waals surface area contributed by atoms with E-state index in [-0.39, 0.29) is 22.2 Å². The molecule has 1 aliphatic rings. The molecule has 1 atom stereocenters. The van der Waals surface area contributed by atoms with Crippen LogP contribution in [-0.2, 0) is 19.9 Å². The number of rotatable bonds is 3. The zero-order valence-corrected chi connectivity index (χ0v) is 11.4. The van der Waals surface area contributed by atoms with Crippen LogP contribution in [0.3, 0.4) is 0 Å². The molecular formula is C10H12FNO5S2. The van der Waals surface area contributed by atoms with Crippen LogP contribution in [0.15, 0.2) is 23.1 Å². The minimum atomic E-state index is -3.98. The van der Waals surface area contributed by atoms with Gasteiger partial charge < -0.3 is 4.74 Å². The van der Waals surface area contributed by atoms with Crippen molar-refractivity contribution in [2.45, 2.75) is 17.4 Å². The predicted molar refractivity (Wildman–Crippen MR) is 65.5 cm³/mol. The molecule has 6 nitrogen and oxygen atoms in total. The van der Waals surface area contributed by atoms with E-state index in [1.54, 1.807) is 0 Å². The first kappa shape index (κ1) is 14.2. The number of primary sulfonamides is 1. The Bertz CT molecular complexity index is 699. The summed E-state index contributed by atoms with van der Waals surface area (Å²) in [5.74, 6) is -1.23. The topological polar surface area (TPSA) is 104 Å². The van der Waals surface area contributed by atoms with Gasteiger partial charge in [-0.25, -0.2) is 26.4 Å². The predicted octanol–water partition coefficient (Wildman–Crippen LogP) is 0.0390. The molecule has 0 aliphatic carbocycles. The lowest BCUT2D eigenvalue weighted by Gasteiger charge is -2.13. The quantitative estimate of drug-likeness (QED) is 0.849. The maximum Gasteiger partial charge on any atom is 0.238 e.